The van der Waals surface area contributed by atoms with Gasteiger partial charge in [-0.3, -0.25) is 0 Å². The molecule has 1 heterocycles. The van der Waals surface area contributed by atoms with Crippen molar-refractivity contribution in [3.8, 4) is 0 Å². The second kappa shape index (κ2) is 10.9. The van der Waals surface area contributed by atoms with Gasteiger partial charge in [0.25, 0.3) is 0 Å². The second-order valence-electron chi connectivity index (χ2n) is 5.88. The minimum absolute atomic E-state index is 0.421. The lowest BCUT2D eigenvalue weighted by Gasteiger charge is -2.13. The molecule has 0 radical (unpaired) electrons. The van der Waals surface area contributed by atoms with Crippen molar-refractivity contribution in [1.29, 1.82) is 0 Å². The summed E-state index contributed by atoms with van der Waals surface area (Å²) in [5.41, 5.74) is 2.68. The maximum absolute atomic E-state index is 12.6. The van der Waals surface area contributed by atoms with Crippen LogP contribution in [0.5, 0.6) is 0 Å². The third-order valence-corrected chi connectivity index (χ3v) is 6.79. The van der Waals surface area contributed by atoms with E-state index in [2.05, 4.69) is 22.1 Å². The van der Waals surface area contributed by atoms with Crippen LogP contribution in [0.3, 0.4) is 0 Å². The summed E-state index contributed by atoms with van der Waals surface area (Å²) in [6.45, 7) is 0. The Labute approximate surface area is 188 Å². The minimum atomic E-state index is -0.424. The lowest BCUT2D eigenvalue weighted by Crippen LogP contribution is -2.10. The van der Waals surface area contributed by atoms with Crippen LogP contribution in [0.25, 0.3) is 0 Å². The number of ether oxygens (including phenoxy) is 1. The Hall–Kier alpha value is -1.67. The molecule has 4 nitrogen and oxygen atoms in total. The van der Waals surface area contributed by atoms with Crippen LogP contribution in [0.4, 0.5) is 0 Å². The Bertz CT molecular complexity index is 970. The maximum atomic E-state index is 12.6. The van der Waals surface area contributed by atoms with Crippen molar-refractivity contribution in [2.75, 3.05) is 13.4 Å². The molecule has 0 aliphatic carbocycles. The second-order valence-corrected chi connectivity index (χ2v) is 9.01. The molecule has 0 unspecified atom stereocenters. The molecule has 0 aliphatic rings. The fraction of sp³-hybridized carbons (Fsp3) is 0.190. The fourth-order valence-corrected chi connectivity index (χ4v) is 5.05. The highest BCUT2D eigenvalue weighted by Crippen LogP contribution is 2.34. The molecule has 0 spiro atoms. The van der Waals surface area contributed by atoms with Crippen molar-refractivity contribution in [2.45, 2.75) is 26.7 Å². The van der Waals surface area contributed by atoms with Gasteiger partial charge in [0.05, 0.1) is 7.11 Å². The van der Waals surface area contributed by atoms with E-state index in [-0.39, 0.29) is 0 Å². The zero-order chi connectivity index (χ0) is 20.6. The number of nitrogens with zero attached hydrogens (tertiary/aromatic N) is 2. The zero-order valence-corrected chi connectivity index (χ0v) is 19.1. The highest BCUT2D eigenvalue weighted by atomic mass is 35.5. The summed E-state index contributed by atoms with van der Waals surface area (Å²) in [4.78, 5) is 21.7. The molecular weight excluding hydrogens is 444 g/mol. The Kier molecular flexibility index (Phi) is 8.29. The van der Waals surface area contributed by atoms with Gasteiger partial charge in [0.2, 0.25) is 0 Å². The normalized spacial score (nSPS) is 10.7. The number of carbonyl (C=O) groups is 1. The molecule has 0 atom stereocenters. The maximum Gasteiger partial charge on any atom is 0.343 e. The fourth-order valence-electron chi connectivity index (χ4n) is 2.44. The number of halogens is 1. The molecule has 0 amide bonds. The Morgan fingerprint density at radius 2 is 1.48 bits per heavy atom. The summed E-state index contributed by atoms with van der Waals surface area (Å²) in [7, 11) is 1.38. The van der Waals surface area contributed by atoms with Crippen LogP contribution in [0, 0.1) is 0 Å². The molecule has 0 aliphatic heterocycles. The summed E-state index contributed by atoms with van der Waals surface area (Å²) in [5, 5.41) is 2.59. The molecule has 29 heavy (non-hydrogen) atoms. The van der Waals surface area contributed by atoms with Crippen molar-refractivity contribution < 1.29 is 9.53 Å². The van der Waals surface area contributed by atoms with E-state index in [1.165, 1.54) is 42.4 Å². The summed E-state index contributed by atoms with van der Waals surface area (Å²) in [6, 6.07) is 17.7. The van der Waals surface area contributed by atoms with Crippen molar-refractivity contribution >= 4 is 52.9 Å². The Balaban J connectivity index is 1.90. The first-order valence-electron chi connectivity index (χ1n) is 8.69. The molecule has 8 heteroatoms. The number of esters is 1. The van der Waals surface area contributed by atoms with Crippen LogP contribution in [-0.2, 0) is 16.2 Å². The van der Waals surface area contributed by atoms with Gasteiger partial charge in [0.1, 0.15) is 15.6 Å². The zero-order valence-electron chi connectivity index (χ0n) is 15.9. The number of aromatic nitrogens is 2. The van der Waals surface area contributed by atoms with Gasteiger partial charge < -0.3 is 4.74 Å². The molecule has 150 valence electrons. The van der Waals surface area contributed by atoms with Crippen LogP contribution < -0.4 is 0 Å². The summed E-state index contributed by atoms with van der Waals surface area (Å²) < 4.78 is 5.04. The van der Waals surface area contributed by atoms with E-state index in [1.807, 2.05) is 48.7 Å². The number of benzene rings is 2. The highest BCUT2D eigenvalue weighted by molar-refractivity contribution is 7.99. The largest absolute Gasteiger partial charge is 0.465 e. The van der Waals surface area contributed by atoms with Gasteiger partial charge >= 0.3 is 5.97 Å². The first kappa shape index (κ1) is 22.0. The number of carbonyl (C=O) groups excluding carboxylic acids is 1. The van der Waals surface area contributed by atoms with E-state index in [1.54, 1.807) is 0 Å². The summed E-state index contributed by atoms with van der Waals surface area (Å²) >= 11 is 10.4. The van der Waals surface area contributed by atoms with Gasteiger partial charge in [-0.2, -0.15) is 0 Å². The van der Waals surface area contributed by atoms with Crippen LogP contribution in [0.15, 0.2) is 69.8 Å². The molecular formula is C21H19ClN2O2S3. The van der Waals surface area contributed by atoms with E-state index in [0.717, 1.165) is 11.1 Å². The molecule has 3 aromatic rings. The lowest BCUT2D eigenvalue weighted by molar-refractivity contribution is 0.0590. The standard InChI is InChI=1S/C21H19ClN2O2S3/c1-26-20(25)17-18(28-12-14-6-4-3-5-7-14)23-21(27-2)24-19(17)29-13-15-8-10-16(22)11-9-15/h3-11H,12-13H2,1-2H3. The first-order chi connectivity index (χ1) is 14.1. The summed E-state index contributed by atoms with van der Waals surface area (Å²) in [5.74, 6) is 0.943. The van der Waals surface area contributed by atoms with Crippen molar-refractivity contribution in [3.63, 3.8) is 0 Å². The van der Waals surface area contributed by atoms with Crippen molar-refractivity contribution in [3.05, 3.63) is 76.3 Å². The van der Waals surface area contributed by atoms with Gasteiger partial charge in [-0.05, 0) is 29.5 Å². The molecule has 1 aromatic heterocycles. The van der Waals surface area contributed by atoms with Crippen LogP contribution in [0.1, 0.15) is 21.5 Å². The predicted octanol–water partition coefficient (Wildman–Crippen LogP) is 6.22. The number of methoxy groups -OCH3 is 1. The van der Waals surface area contributed by atoms with Gasteiger partial charge in [0.15, 0.2) is 5.16 Å². The third-order valence-electron chi connectivity index (χ3n) is 3.90. The van der Waals surface area contributed by atoms with Crippen LogP contribution in [0.2, 0.25) is 5.02 Å². The molecule has 2 aromatic carbocycles. The number of rotatable bonds is 8. The summed E-state index contributed by atoms with van der Waals surface area (Å²) in [6.07, 6.45) is 1.92. The van der Waals surface area contributed by atoms with Crippen molar-refractivity contribution in [2.24, 2.45) is 0 Å². The quantitative estimate of drug-likeness (QED) is 0.170. The molecule has 0 bridgehead atoms. The molecule has 0 N–H and O–H groups in total. The molecule has 0 fully saturated rings. The monoisotopic (exact) mass is 462 g/mol. The number of thioether (sulfide) groups is 3. The Morgan fingerprint density at radius 1 is 0.931 bits per heavy atom. The van der Waals surface area contributed by atoms with E-state index in [4.69, 9.17) is 16.3 Å². The number of hydrogen-bond donors (Lipinski definition) is 0. The smallest absolute Gasteiger partial charge is 0.343 e. The van der Waals surface area contributed by atoms with Crippen LogP contribution >= 0.6 is 46.9 Å². The van der Waals surface area contributed by atoms with E-state index in [0.29, 0.717) is 37.3 Å². The SMILES string of the molecule is COC(=O)c1c(SCc2ccccc2)nc(SC)nc1SCc1ccc(Cl)cc1. The third kappa shape index (κ3) is 6.15. The van der Waals surface area contributed by atoms with Gasteiger partial charge in [0, 0.05) is 16.5 Å². The van der Waals surface area contributed by atoms with Gasteiger partial charge in [-0.25, -0.2) is 14.8 Å². The highest BCUT2D eigenvalue weighted by Gasteiger charge is 2.22. The van der Waals surface area contributed by atoms with E-state index >= 15 is 0 Å². The van der Waals surface area contributed by atoms with Crippen LogP contribution in [-0.4, -0.2) is 29.3 Å². The van der Waals surface area contributed by atoms with E-state index in [9.17, 15) is 4.79 Å². The lowest BCUT2D eigenvalue weighted by atomic mass is 10.2. The van der Waals surface area contributed by atoms with E-state index < -0.39 is 5.97 Å². The topological polar surface area (TPSA) is 52.1 Å². The number of hydrogen-bond acceptors (Lipinski definition) is 7. The Morgan fingerprint density at radius 3 is 2.00 bits per heavy atom. The molecule has 0 saturated carbocycles. The molecule has 0 saturated heterocycles. The molecule has 3 rings (SSSR count). The minimum Gasteiger partial charge on any atom is -0.465 e. The van der Waals surface area contributed by atoms with Gasteiger partial charge in [-0.1, -0.05) is 65.8 Å². The predicted molar refractivity (Wildman–Crippen MR) is 122 cm³/mol. The van der Waals surface area contributed by atoms with Crippen molar-refractivity contribution in [1.82, 2.24) is 9.97 Å². The first-order valence-corrected chi connectivity index (χ1v) is 12.3. The van der Waals surface area contributed by atoms with Gasteiger partial charge in [-0.15, -0.1) is 23.5 Å². The average Bonchev–Trinajstić information content (AvgIpc) is 2.77. The average molecular weight is 463 g/mol.